The van der Waals surface area contributed by atoms with Crippen molar-refractivity contribution in [3.05, 3.63) is 46.0 Å². The van der Waals surface area contributed by atoms with Gasteiger partial charge in [0.25, 0.3) is 0 Å². The molecular weight excluding hydrogens is 300 g/mol. The number of carboxylic acid groups (broad SMARTS) is 1. The van der Waals surface area contributed by atoms with E-state index in [0.717, 1.165) is 0 Å². The number of carbonyl (C=O) groups is 1. The van der Waals surface area contributed by atoms with Crippen LogP contribution in [0.5, 0.6) is 0 Å². The van der Waals surface area contributed by atoms with Crippen LogP contribution in [0.15, 0.2) is 54.6 Å². The van der Waals surface area contributed by atoms with E-state index in [0.29, 0.717) is 33.2 Å². The smallest absolute Gasteiger partial charge is 0.331 e. The van der Waals surface area contributed by atoms with Crippen molar-refractivity contribution in [3.8, 4) is 0 Å². The minimum Gasteiger partial charge on any atom is -0.478 e. The van der Waals surface area contributed by atoms with Crippen molar-refractivity contribution >= 4 is 33.4 Å². The molecule has 0 aromatic carbocycles. The molecule has 0 atom stereocenters. The number of allylic oxidation sites excluding steroid dienone is 3. The molecule has 0 spiro atoms. The van der Waals surface area contributed by atoms with Gasteiger partial charge < -0.3 is 9.52 Å². The van der Waals surface area contributed by atoms with Crippen LogP contribution in [0.1, 0.15) is 12.2 Å². The number of furan rings is 1. The number of hydrogen-bond donors (Lipinski definition) is 1. The number of halogens is 1. The SMILES string of the molecule is O=C(O)C1=CC=C2N=C(c3ccc(Br)o3)N=C2C1. The Morgan fingerprint density at radius 2 is 2.17 bits per heavy atom. The summed E-state index contributed by atoms with van der Waals surface area (Å²) in [4.78, 5) is 19.5. The van der Waals surface area contributed by atoms with Crippen molar-refractivity contribution in [1.29, 1.82) is 0 Å². The molecule has 18 heavy (non-hydrogen) atoms. The van der Waals surface area contributed by atoms with E-state index in [4.69, 9.17) is 9.52 Å². The lowest BCUT2D eigenvalue weighted by molar-refractivity contribution is -0.132. The van der Waals surface area contributed by atoms with E-state index in [1.165, 1.54) is 0 Å². The van der Waals surface area contributed by atoms with E-state index >= 15 is 0 Å². The zero-order valence-corrected chi connectivity index (χ0v) is 10.6. The van der Waals surface area contributed by atoms with Gasteiger partial charge in [0.2, 0.25) is 0 Å². The fourth-order valence-electron chi connectivity index (χ4n) is 1.76. The average Bonchev–Trinajstić information content (AvgIpc) is 2.93. The van der Waals surface area contributed by atoms with Crippen LogP contribution in [-0.4, -0.2) is 22.6 Å². The number of hydrogen-bond acceptors (Lipinski definition) is 4. The molecule has 0 unspecified atom stereocenters. The molecule has 3 rings (SSSR count). The van der Waals surface area contributed by atoms with Gasteiger partial charge in [0.05, 0.1) is 11.4 Å². The van der Waals surface area contributed by atoms with Crippen LogP contribution in [0.2, 0.25) is 0 Å². The van der Waals surface area contributed by atoms with Crippen LogP contribution in [0.4, 0.5) is 0 Å². The van der Waals surface area contributed by atoms with Crippen LogP contribution in [0, 0.1) is 0 Å². The van der Waals surface area contributed by atoms with Gasteiger partial charge in [-0.2, -0.15) is 0 Å². The van der Waals surface area contributed by atoms with Crippen molar-refractivity contribution < 1.29 is 14.3 Å². The average molecular weight is 307 g/mol. The molecule has 1 aromatic heterocycles. The van der Waals surface area contributed by atoms with Crippen molar-refractivity contribution in [2.45, 2.75) is 6.42 Å². The Morgan fingerprint density at radius 1 is 1.33 bits per heavy atom. The molecule has 90 valence electrons. The van der Waals surface area contributed by atoms with Crippen LogP contribution >= 0.6 is 15.9 Å². The molecule has 2 aliphatic rings. The Balaban J connectivity index is 1.93. The molecule has 0 saturated heterocycles. The fraction of sp³-hybridized carbons (Fsp3) is 0.0833. The summed E-state index contributed by atoms with van der Waals surface area (Å²) in [7, 11) is 0. The van der Waals surface area contributed by atoms with Gasteiger partial charge in [0.1, 0.15) is 0 Å². The first-order valence-corrected chi connectivity index (χ1v) is 5.99. The Morgan fingerprint density at radius 3 is 2.83 bits per heavy atom. The number of aliphatic carboxylic acids is 1. The lowest BCUT2D eigenvalue weighted by atomic mass is 10.0. The lowest BCUT2D eigenvalue weighted by Gasteiger charge is -2.06. The molecule has 0 saturated carbocycles. The molecule has 0 amide bonds. The van der Waals surface area contributed by atoms with E-state index in [9.17, 15) is 4.79 Å². The Bertz CT molecular complexity index is 665. The van der Waals surface area contributed by atoms with Crippen molar-refractivity contribution in [3.63, 3.8) is 0 Å². The van der Waals surface area contributed by atoms with E-state index in [2.05, 4.69) is 25.9 Å². The van der Waals surface area contributed by atoms with Crippen LogP contribution in [-0.2, 0) is 4.79 Å². The summed E-state index contributed by atoms with van der Waals surface area (Å²) in [6.07, 6.45) is 3.51. The summed E-state index contributed by atoms with van der Waals surface area (Å²) >= 11 is 3.21. The highest BCUT2D eigenvalue weighted by molar-refractivity contribution is 9.10. The molecule has 2 heterocycles. The van der Waals surface area contributed by atoms with Crippen molar-refractivity contribution in [2.24, 2.45) is 9.98 Å². The standard InChI is InChI=1S/C12H7BrN2O3/c13-10-4-3-9(18-10)11-14-7-2-1-6(12(16)17)5-8(7)15-11/h1-4H,5H2,(H,16,17). The number of carboxylic acids is 1. The molecular formula is C12H7BrN2O3. The first-order valence-electron chi connectivity index (χ1n) is 5.20. The number of fused-ring (bicyclic) bond motifs is 1. The number of aliphatic imine (C=N–C) groups is 2. The molecule has 1 N–H and O–H groups in total. The third-order valence-corrected chi connectivity index (χ3v) is 3.06. The highest BCUT2D eigenvalue weighted by Crippen LogP contribution is 2.25. The monoisotopic (exact) mass is 306 g/mol. The number of rotatable bonds is 2. The minimum atomic E-state index is -0.929. The lowest BCUT2D eigenvalue weighted by Crippen LogP contribution is -2.10. The number of amidine groups is 1. The zero-order chi connectivity index (χ0) is 12.7. The Hall–Kier alpha value is -1.95. The van der Waals surface area contributed by atoms with E-state index in [1.807, 2.05) is 0 Å². The third kappa shape index (κ3) is 1.84. The first-order chi connectivity index (χ1) is 8.63. The zero-order valence-electron chi connectivity index (χ0n) is 9.05. The van der Waals surface area contributed by atoms with Crippen molar-refractivity contribution in [1.82, 2.24) is 0 Å². The van der Waals surface area contributed by atoms with Gasteiger partial charge >= 0.3 is 5.97 Å². The van der Waals surface area contributed by atoms with Gasteiger partial charge in [-0.15, -0.1) is 0 Å². The molecule has 1 aliphatic heterocycles. The Labute approximate surface area is 110 Å². The van der Waals surface area contributed by atoms with Crippen molar-refractivity contribution in [2.75, 3.05) is 0 Å². The van der Waals surface area contributed by atoms with Crippen LogP contribution in [0.25, 0.3) is 0 Å². The second-order valence-corrected chi connectivity index (χ2v) is 4.60. The maximum atomic E-state index is 10.9. The normalized spacial score (nSPS) is 17.6. The number of nitrogens with zero attached hydrogens (tertiary/aromatic N) is 2. The predicted octanol–water partition coefficient (Wildman–Crippen LogP) is 2.54. The second-order valence-electron chi connectivity index (χ2n) is 3.82. The summed E-state index contributed by atoms with van der Waals surface area (Å²) in [5.41, 5.74) is 1.68. The fourth-order valence-corrected chi connectivity index (χ4v) is 2.07. The maximum Gasteiger partial charge on any atom is 0.331 e. The summed E-state index contributed by atoms with van der Waals surface area (Å²) < 4.78 is 5.97. The Kier molecular flexibility index (Phi) is 2.52. The van der Waals surface area contributed by atoms with Gasteiger partial charge in [0.15, 0.2) is 16.3 Å². The molecule has 5 nitrogen and oxygen atoms in total. The second kappa shape index (κ2) is 4.06. The van der Waals surface area contributed by atoms with Gasteiger partial charge in [-0.3, -0.25) is 0 Å². The highest BCUT2D eigenvalue weighted by atomic mass is 79.9. The summed E-state index contributed by atoms with van der Waals surface area (Å²) in [5.74, 6) is 0.103. The topological polar surface area (TPSA) is 75.2 Å². The third-order valence-electron chi connectivity index (χ3n) is 2.63. The van der Waals surface area contributed by atoms with Gasteiger partial charge in [-0.1, -0.05) is 0 Å². The minimum absolute atomic E-state index is 0.288. The first kappa shape index (κ1) is 11.2. The van der Waals surface area contributed by atoms with Gasteiger partial charge in [-0.05, 0) is 40.2 Å². The molecule has 6 heteroatoms. The maximum absolute atomic E-state index is 10.9. The van der Waals surface area contributed by atoms with E-state index < -0.39 is 5.97 Å². The molecule has 1 aromatic rings. The summed E-state index contributed by atoms with van der Waals surface area (Å²) in [6.45, 7) is 0. The van der Waals surface area contributed by atoms with Crippen LogP contribution < -0.4 is 0 Å². The van der Waals surface area contributed by atoms with Gasteiger partial charge in [-0.25, -0.2) is 14.8 Å². The van der Waals surface area contributed by atoms with Crippen LogP contribution in [0.3, 0.4) is 0 Å². The quantitative estimate of drug-likeness (QED) is 0.912. The molecule has 0 radical (unpaired) electrons. The molecule has 0 bridgehead atoms. The van der Waals surface area contributed by atoms with E-state index in [1.54, 1.807) is 24.3 Å². The highest BCUT2D eigenvalue weighted by Gasteiger charge is 2.24. The molecule has 1 aliphatic carbocycles. The summed E-state index contributed by atoms with van der Waals surface area (Å²) in [6, 6.07) is 3.52. The van der Waals surface area contributed by atoms with Gasteiger partial charge in [0, 0.05) is 12.0 Å². The van der Waals surface area contributed by atoms with E-state index in [-0.39, 0.29) is 6.42 Å². The summed E-state index contributed by atoms with van der Waals surface area (Å²) in [5, 5.41) is 8.93. The molecule has 0 fully saturated rings. The predicted molar refractivity (Wildman–Crippen MR) is 68.8 cm³/mol. The largest absolute Gasteiger partial charge is 0.478 e.